The monoisotopic (exact) mass is 423 g/mol. The van der Waals surface area contributed by atoms with Crippen LogP contribution in [0.15, 0.2) is 36.5 Å². The topological polar surface area (TPSA) is 37.8 Å². The van der Waals surface area contributed by atoms with Crippen LogP contribution in [0.25, 0.3) is 10.9 Å². The molecule has 2 aromatic carbocycles. The Morgan fingerprint density at radius 1 is 1.23 bits per heavy atom. The SMILES string of the molecule is [2H]c1c(F)c(F)cc2c1[C@H](CC)C[C@@]([2H])(C(F)(F)F)[C@@H]2Nc1cccc2nc(C)ncc12. The quantitative estimate of drug-likeness (QED) is 0.492. The average Bonchev–Trinajstić information content (AvgIpc) is 2.72. The number of halogens is 5. The summed E-state index contributed by atoms with van der Waals surface area (Å²) in [7, 11) is 0. The van der Waals surface area contributed by atoms with Gasteiger partial charge in [0, 0.05) is 18.6 Å². The van der Waals surface area contributed by atoms with E-state index < -0.39 is 48.1 Å². The maximum absolute atomic E-state index is 14.3. The van der Waals surface area contributed by atoms with Gasteiger partial charge in [-0.1, -0.05) is 13.0 Å². The molecule has 0 radical (unpaired) electrons. The van der Waals surface area contributed by atoms with Gasteiger partial charge >= 0.3 is 6.18 Å². The molecule has 3 aromatic rings. The number of hydrogen-bond acceptors (Lipinski definition) is 3. The molecule has 3 nitrogen and oxygen atoms in total. The molecule has 1 N–H and O–H groups in total. The predicted molar refractivity (Wildman–Crippen MR) is 104 cm³/mol. The predicted octanol–water partition coefficient (Wildman–Crippen LogP) is 6.45. The van der Waals surface area contributed by atoms with Crippen LogP contribution in [0.3, 0.4) is 0 Å². The Kier molecular flexibility index (Phi) is 4.50. The largest absolute Gasteiger partial charge is 0.394 e. The molecule has 0 bridgehead atoms. The fraction of sp³-hybridized carbons (Fsp3) is 0.364. The van der Waals surface area contributed by atoms with Gasteiger partial charge in [0.2, 0.25) is 0 Å². The van der Waals surface area contributed by atoms with Crippen molar-refractivity contribution in [2.24, 2.45) is 5.89 Å². The summed E-state index contributed by atoms with van der Waals surface area (Å²) in [6.07, 6.45) is -4.05. The van der Waals surface area contributed by atoms with Gasteiger partial charge in [0.15, 0.2) is 11.6 Å². The Bertz CT molecular complexity index is 1200. The highest BCUT2D eigenvalue weighted by molar-refractivity contribution is 5.90. The Morgan fingerprint density at radius 2 is 2.00 bits per heavy atom. The molecule has 0 saturated carbocycles. The third-order valence-corrected chi connectivity index (χ3v) is 5.48. The van der Waals surface area contributed by atoms with E-state index in [1.807, 2.05) is 0 Å². The van der Waals surface area contributed by atoms with Crippen LogP contribution in [-0.2, 0) is 0 Å². The lowest BCUT2D eigenvalue weighted by Crippen LogP contribution is -2.38. The summed E-state index contributed by atoms with van der Waals surface area (Å²) < 4.78 is 87.8. The molecule has 0 aliphatic heterocycles. The number of benzene rings is 2. The first-order chi connectivity index (χ1) is 15.0. The molecule has 1 aromatic heterocycles. The second-order valence-corrected chi connectivity index (χ2v) is 7.37. The van der Waals surface area contributed by atoms with E-state index >= 15 is 0 Å². The van der Waals surface area contributed by atoms with Gasteiger partial charge in [-0.25, -0.2) is 18.7 Å². The number of nitrogens with one attached hydrogen (secondary N) is 1. The molecule has 158 valence electrons. The first-order valence-corrected chi connectivity index (χ1v) is 9.52. The molecule has 0 unspecified atom stereocenters. The van der Waals surface area contributed by atoms with E-state index in [0.29, 0.717) is 22.8 Å². The van der Waals surface area contributed by atoms with Crippen molar-refractivity contribution in [1.29, 1.82) is 0 Å². The van der Waals surface area contributed by atoms with Crippen molar-refractivity contribution in [2.45, 2.75) is 44.8 Å². The fourth-order valence-corrected chi connectivity index (χ4v) is 4.00. The third-order valence-electron chi connectivity index (χ3n) is 5.48. The molecule has 4 rings (SSSR count). The molecule has 3 atom stereocenters. The van der Waals surface area contributed by atoms with Gasteiger partial charge in [-0.05, 0) is 61.1 Å². The van der Waals surface area contributed by atoms with Crippen LogP contribution in [-0.4, -0.2) is 16.1 Å². The number of alkyl halides is 3. The molecule has 30 heavy (non-hydrogen) atoms. The summed E-state index contributed by atoms with van der Waals surface area (Å²) in [6.45, 7) is 3.28. The molecule has 0 fully saturated rings. The molecule has 8 heteroatoms. The highest BCUT2D eigenvalue weighted by Gasteiger charge is 2.49. The van der Waals surface area contributed by atoms with Gasteiger partial charge in [-0.2, -0.15) is 13.2 Å². The Morgan fingerprint density at radius 3 is 2.70 bits per heavy atom. The number of hydrogen-bond donors (Lipinski definition) is 1. The zero-order valence-corrected chi connectivity index (χ0v) is 16.2. The zero-order chi connectivity index (χ0) is 23.4. The van der Waals surface area contributed by atoms with Crippen molar-refractivity contribution in [2.75, 3.05) is 5.32 Å². The maximum atomic E-state index is 14.3. The lowest BCUT2D eigenvalue weighted by molar-refractivity contribution is -0.184. The summed E-state index contributed by atoms with van der Waals surface area (Å²) in [5, 5.41) is 3.18. The second-order valence-electron chi connectivity index (χ2n) is 7.37. The first-order valence-electron chi connectivity index (χ1n) is 10.5. The van der Waals surface area contributed by atoms with Crippen LogP contribution in [0.2, 0.25) is 0 Å². The van der Waals surface area contributed by atoms with Crippen molar-refractivity contribution in [1.82, 2.24) is 9.97 Å². The summed E-state index contributed by atoms with van der Waals surface area (Å²) in [4.78, 5) is 8.36. The lowest BCUT2D eigenvalue weighted by Gasteiger charge is -2.39. The van der Waals surface area contributed by atoms with E-state index in [1.165, 1.54) is 12.3 Å². The standard InChI is InChI=1S/C22H20F5N3/c1-3-12-7-16(22(25,26)27)21(14-9-18(24)17(23)8-13(12)14)30-20-6-4-5-19-15(20)10-28-11(2)29-19/h4-6,8-10,12,16,21,30H,3,7H2,1-2H3/t12-,16-,21-/m1/s1/i8D,16D. The maximum Gasteiger partial charge on any atom is 0.394 e. The molecular weight excluding hydrogens is 401 g/mol. The van der Waals surface area contributed by atoms with Crippen molar-refractivity contribution < 1.29 is 24.7 Å². The smallest absolute Gasteiger partial charge is 0.377 e. The number of fused-ring (bicyclic) bond motifs is 2. The lowest BCUT2D eigenvalue weighted by atomic mass is 9.72. The van der Waals surface area contributed by atoms with Crippen LogP contribution < -0.4 is 5.32 Å². The van der Waals surface area contributed by atoms with Gasteiger partial charge in [0.25, 0.3) is 0 Å². The Labute approximate surface area is 173 Å². The van der Waals surface area contributed by atoms with Gasteiger partial charge in [0.1, 0.15) is 5.82 Å². The molecule has 0 amide bonds. The number of anilines is 1. The van der Waals surface area contributed by atoms with Crippen molar-refractivity contribution in [3.8, 4) is 0 Å². The van der Waals surface area contributed by atoms with Crippen LogP contribution in [0, 0.1) is 24.5 Å². The second kappa shape index (κ2) is 7.49. The van der Waals surface area contributed by atoms with E-state index in [4.69, 9.17) is 2.74 Å². The molecule has 0 saturated heterocycles. The molecule has 1 heterocycles. The summed E-state index contributed by atoms with van der Waals surface area (Å²) >= 11 is 0. The highest BCUT2D eigenvalue weighted by atomic mass is 19.4. The van der Waals surface area contributed by atoms with Crippen molar-refractivity contribution >= 4 is 16.6 Å². The summed E-state index contributed by atoms with van der Waals surface area (Å²) in [5.74, 6) is -6.29. The minimum Gasteiger partial charge on any atom is -0.377 e. The Balaban J connectivity index is 1.96. The number of aromatic nitrogens is 2. The summed E-state index contributed by atoms with van der Waals surface area (Å²) in [6, 6.07) is 2.93. The van der Waals surface area contributed by atoms with E-state index in [0.717, 1.165) is 0 Å². The summed E-state index contributed by atoms with van der Waals surface area (Å²) in [5.41, 5.74) is 0.484. The average molecular weight is 423 g/mol. The van der Waals surface area contributed by atoms with Gasteiger partial charge in [0.05, 0.1) is 18.8 Å². The number of nitrogens with zero attached hydrogens (tertiary/aromatic N) is 2. The van der Waals surface area contributed by atoms with Crippen LogP contribution >= 0.6 is 0 Å². The third kappa shape index (κ3) is 3.59. The normalized spacial score (nSPS) is 24.9. The van der Waals surface area contributed by atoms with E-state index in [-0.39, 0.29) is 23.2 Å². The molecule has 1 aliphatic rings. The van der Waals surface area contributed by atoms with Crippen LogP contribution in [0.4, 0.5) is 27.6 Å². The molecule has 1 aliphatic carbocycles. The van der Waals surface area contributed by atoms with Crippen LogP contribution in [0.1, 0.15) is 51.4 Å². The van der Waals surface area contributed by atoms with Crippen LogP contribution in [0.5, 0.6) is 0 Å². The zero-order valence-electron chi connectivity index (χ0n) is 18.2. The minimum atomic E-state index is -4.97. The molecular formula is C22H20F5N3. The van der Waals surface area contributed by atoms with Gasteiger partial charge in [-0.3, -0.25) is 0 Å². The van der Waals surface area contributed by atoms with E-state index in [1.54, 1.807) is 26.0 Å². The van der Waals surface area contributed by atoms with E-state index in [9.17, 15) is 22.0 Å². The fourth-order valence-electron chi connectivity index (χ4n) is 4.00. The van der Waals surface area contributed by atoms with Crippen molar-refractivity contribution in [3.63, 3.8) is 0 Å². The first kappa shape index (κ1) is 18.0. The van der Waals surface area contributed by atoms with Gasteiger partial charge < -0.3 is 5.32 Å². The Hall–Kier alpha value is -2.77. The number of rotatable bonds is 3. The van der Waals surface area contributed by atoms with Gasteiger partial charge in [-0.15, -0.1) is 0 Å². The molecule has 0 spiro atoms. The van der Waals surface area contributed by atoms with Crippen molar-refractivity contribution in [3.05, 3.63) is 65.1 Å². The van der Waals surface area contributed by atoms with E-state index in [2.05, 4.69) is 15.3 Å². The highest BCUT2D eigenvalue weighted by Crippen LogP contribution is 2.51. The minimum absolute atomic E-state index is 0.00311. The number of aryl methyl sites for hydroxylation is 1.